The maximum atomic E-state index is 13.0. The largest absolute Gasteiger partial charge is 0.459 e. The van der Waals surface area contributed by atoms with Crippen molar-refractivity contribution >= 4 is 33.2 Å². The van der Waals surface area contributed by atoms with Crippen LogP contribution in [-0.4, -0.2) is 27.2 Å². The Labute approximate surface area is 178 Å². The first-order chi connectivity index (χ1) is 14.6. The lowest BCUT2D eigenvalue weighted by atomic mass is 10.2. The molecule has 1 amide bonds. The van der Waals surface area contributed by atoms with Crippen molar-refractivity contribution in [3.63, 3.8) is 0 Å². The van der Waals surface area contributed by atoms with E-state index in [0.717, 1.165) is 38.6 Å². The zero-order chi connectivity index (χ0) is 20.7. The van der Waals surface area contributed by atoms with Crippen LogP contribution in [0.1, 0.15) is 24.4 Å². The van der Waals surface area contributed by atoms with E-state index in [1.807, 2.05) is 90.6 Å². The van der Waals surface area contributed by atoms with Gasteiger partial charge in [-0.15, -0.1) is 11.3 Å². The van der Waals surface area contributed by atoms with Gasteiger partial charge in [-0.05, 0) is 19.1 Å². The molecule has 0 saturated carbocycles. The lowest BCUT2D eigenvalue weighted by Crippen LogP contribution is -2.31. The first-order valence-electron chi connectivity index (χ1n) is 9.85. The van der Waals surface area contributed by atoms with Crippen molar-refractivity contribution in [3.05, 3.63) is 83.7 Å². The fourth-order valence-electron chi connectivity index (χ4n) is 3.60. The predicted molar refractivity (Wildman–Crippen MR) is 120 cm³/mol. The summed E-state index contributed by atoms with van der Waals surface area (Å²) >= 11 is 1.55. The molecule has 0 radical (unpaired) electrons. The molecular weight excluding hydrogens is 394 g/mol. The van der Waals surface area contributed by atoms with E-state index in [9.17, 15) is 4.79 Å². The standard InChI is InChI=1S/C24H21N3O2S/c1-16(22-12-18-10-6-7-11-21(18)29-22)26(2)23(28)13-19-15-30-24-25-20(14-27(19)24)17-8-4-3-5-9-17/h3-12,14-16H,13H2,1-2H3. The van der Waals surface area contributed by atoms with Gasteiger partial charge in [-0.25, -0.2) is 4.98 Å². The molecule has 0 fully saturated rings. The third-order valence-corrected chi connectivity index (χ3v) is 6.40. The molecule has 150 valence electrons. The van der Waals surface area contributed by atoms with Crippen LogP contribution in [0.3, 0.4) is 0 Å². The van der Waals surface area contributed by atoms with Crippen molar-refractivity contribution in [2.45, 2.75) is 19.4 Å². The molecule has 5 nitrogen and oxygen atoms in total. The third-order valence-electron chi connectivity index (χ3n) is 5.52. The molecule has 1 unspecified atom stereocenters. The summed E-state index contributed by atoms with van der Waals surface area (Å²) in [5.74, 6) is 0.828. The highest BCUT2D eigenvalue weighted by Crippen LogP contribution is 2.28. The summed E-state index contributed by atoms with van der Waals surface area (Å²) in [5.41, 5.74) is 3.77. The van der Waals surface area contributed by atoms with Crippen LogP contribution in [0.25, 0.3) is 27.2 Å². The Hall–Kier alpha value is -3.38. The molecule has 0 N–H and O–H groups in total. The molecule has 2 aromatic carbocycles. The van der Waals surface area contributed by atoms with Crippen LogP contribution in [0.5, 0.6) is 0 Å². The molecule has 30 heavy (non-hydrogen) atoms. The minimum absolute atomic E-state index is 0.0395. The molecule has 0 bridgehead atoms. The quantitative estimate of drug-likeness (QED) is 0.377. The molecule has 0 aliphatic heterocycles. The molecule has 3 heterocycles. The number of amides is 1. The average molecular weight is 416 g/mol. The third kappa shape index (κ3) is 3.29. The van der Waals surface area contributed by atoms with Crippen LogP contribution in [-0.2, 0) is 11.2 Å². The second-order valence-corrected chi connectivity index (χ2v) is 8.25. The number of nitrogens with zero attached hydrogens (tertiary/aromatic N) is 3. The Morgan fingerprint density at radius 3 is 2.73 bits per heavy atom. The smallest absolute Gasteiger partial charge is 0.228 e. The van der Waals surface area contributed by atoms with Crippen LogP contribution in [0, 0.1) is 0 Å². The lowest BCUT2D eigenvalue weighted by molar-refractivity contribution is -0.131. The van der Waals surface area contributed by atoms with Crippen LogP contribution in [0.15, 0.2) is 76.7 Å². The number of hydrogen-bond acceptors (Lipinski definition) is 4. The van der Waals surface area contributed by atoms with Gasteiger partial charge < -0.3 is 9.32 Å². The number of fused-ring (bicyclic) bond motifs is 2. The van der Waals surface area contributed by atoms with Crippen molar-refractivity contribution in [1.29, 1.82) is 0 Å². The number of benzene rings is 2. The van der Waals surface area contributed by atoms with Crippen molar-refractivity contribution in [1.82, 2.24) is 14.3 Å². The van der Waals surface area contributed by atoms with Crippen LogP contribution >= 0.6 is 11.3 Å². The van der Waals surface area contributed by atoms with Crippen LogP contribution in [0.4, 0.5) is 0 Å². The van der Waals surface area contributed by atoms with Gasteiger partial charge in [0.1, 0.15) is 11.3 Å². The number of rotatable bonds is 5. The van der Waals surface area contributed by atoms with Gasteiger partial charge in [-0.2, -0.15) is 0 Å². The van der Waals surface area contributed by atoms with Gasteiger partial charge >= 0.3 is 0 Å². The van der Waals surface area contributed by atoms with E-state index in [2.05, 4.69) is 0 Å². The second-order valence-electron chi connectivity index (χ2n) is 7.42. The van der Waals surface area contributed by atoms with Gasteiger partial charge in [0.2, 0.25) is 5.91 Å². The van der Waals surface area contributed by atoms with Gasteiger partial charge in [0.15, 0.2) is 4.96 Å². The van der Waals surface area contributed by atoms with Gasteiger partial charge in [0, 0.05) is 35.3 Å². The van der Waals surface area contributed by atoms with Crippen LogP contribution in [0.2, 0.25) is 0 Å². The number of hydrogen-bond donors (Lipinski definition) is 0. The van der Waals surface area contributed by atoms with E-state index in [4.69, 9.17) is 9.40 Å². The number of carbonyl (C=O) groups is 1. The first-order valence-corrected chi connectivity index (χ1v) is 10.7. The van der Waals surface area contributed by atoms with Gasteiger partial charge in [0.05, 0.1) is 18.2 Å². The number of thiazole rings is 1. The first kappa shape index (κ1) is 18.6. The Bertz CT molecular complexity index is 1300. The summed E-state index contributed by atoms with van der Waals surface area (Å²) < 4.78 is 7.97. The van der Waals surface area contributed by atoms with E-state index >= 15 is 0 Å². The van der Waals surface area contributed by atoms with Gasteiger partial charge in [-0.1, -0.05) is 48.5 Å². The summed E-state index contributed by atoms with van der Waals surface area (Å²) in [7, 11) is 1.83. The Balaban J connectivity index is 1.36. The van der Waals surface area contributed by atoms with E-state index in [1.165, 1.54) is 0 Å². The highest BCUT2D eigenvalue weighted by Gasteiger charge is 2.22. The highest BCUT2D eigenvalue weighted by atomic mass is 32.1. The number of imidazole rings is 1. The molecule has 0 spiro atoms. The lowest BCUT2D eigenvalue weighted by Gasteiger charge is -2.23. The zero-order valence-electron chi connectivity index (χ0n) is 16.8. The summed E-state index contributed by atoms with van der Waals surface area (Å²) in [6.45, 7) is 1.99. The Kier molecular flexibility index (Phi) is 4.64. The predicted octanol–water partition coefficient (Wildman–Crippen LogP) is 5.57. The fourth-order valence-corrected chi connectivity index (χ4v) is 4.47. The van der Waals surface area contributed by atoms with Crippen molar-refractivity contribution in [2.24, 2.45) is 0 Å². The number of para-hydroxylation sites is 1. The molecule has 5 rings (SSSR count). The van der Waals surface area contributed by atoms with E-state index < -0.39 is 0 Å². The molecule has 6 heteroatoms. The number of likely N-dealkylation sites (N-methyl/N-ethyl adjacent to an activating group) is 1. The summed E-state index contributed by atoms with van der Waals surface area (Å²) in [6.07, 6.45) is 2.32. The number of aromatic nitrogens is 2. The molecular formula is C24H21N3O2S. The molecule has 1 atom stereocenters. The van der Waals surface area contributed by atoms with Gasteiger partial charge in [-0.3, -0.25) is 9.20 Å². The molecule has 0 saturated heterocycles. The maximum absolute atomic E-state index is 13.0. The topological polar surface area (TPSA) is 50.8 Å². The molecule has 0 aliphatic rings. The number of furan rings is 1. The van der Waals surface area contributed by atoms with Crippen molar-refractivity contribution < 1.29 is 9.21 Å². The van der Waals surface area contributed by atoms with E-state index in [-0.39, 0.29) is 11.9 Å². The van der Waals surface area contributed by atoms with E-state index in [1.54, 1.807) is 16.2 Å². The van der Waals surface area contributed by atoms with Crippen molar-refractivity contribution in [3.8, 4) is 11.3 Å². The van der Waals surface area contributed by atoms with Crippen LogP contribution < -0.4 is 0 Å². The number of carbonyl (C=O) groups excluding carboxylic acids is 1. The maximum Gasteiger partial charge on any atom is 0.228 e. The molecule has 5 aromatic rings. The molecule has 3 aromatic heterocycles. The van der Waals surface area contributed by atoms with Crippen molar-refractivity contribution in [2.75, 3.05) is 7.05 Å². The van der Waals surface area contributed by atoms with Gasteiger partial charge in [0.25, 0.3) is 0 Å². The summed E-state index contributed by atoms with van der Waals surface area (Å²) in [6, 6.07) is 19.8. The minimum Gasteiger partial charge on any atom is -0.459 e. The summed E-state index contributed by atoms with van der Waals surface area (Å²) in [5, 5.41) is 3.06. The van der Waals surface area contributed by atoms with E-state index in [0.29, 0.717) is 6.42 Å². The second kappa shape index (κ2) is 7.46. The SMILES string of the molecule is CC(c1cc2ccccc2o1)N(C)C(=O)Cc1csc2nc(-c3ccccc3)cn12. The molecule has 0 aliphatic carbocycles. The highest BCUT2D eigenvalue weighted by molar-refractivity contribution is 7.15. The Morgan fingerprint density at radius 1 is 1.17 bits per heavy atom. The Morgan fingerprint density at radius 2 is 1.93 bits per heavy atom. The monoisotopic (exact) mass is 415 g/mol. The zero-order valence-corrected chi connectivity index (χ0v) is 17.6. The fraction of sp³-hybridized carbons (Fsp3) is 0.167. The normalized spacial score (nSPS) is 12.5. The minimum atomic E-state index is -0.151. The summed E-state index contributed by atoms with van der Waals surface area (Å²) in [4.78, 5) is 20.4. The average Bonchev–Trinajstić information content (AvgIpc) is 3.48.